The van der Waals surface area contributed by atoms with Crippen molar-refractivity contribution in [1.29, 1.82) is 0 Å². The van der Waals surface area contributed by atoms with Gasteiger partial charge in [-0.15, -0.1) is 0 Å². The molecule has 0 saturated heterocycles. The molecule has 0 atom stereocenters. The molecule has 206 valence electrons. The standard InChI is InChI=1S/C31H31N3O5S/c1-19-7-6-8-24-26(19)29(38)34(5)30(33-24)40-18-20-9-11-21(12-10-20)27(36)22-13-15-23(16-14-22)28(37)32-17-25(35)39-31(2,3)4/h6-16H,17-18H2,1-5H3,(H,32,37). The minimum absolute atomic E-state index is 0.0712. The molecule has 3 aromatic carbocycles. The summed E-state index contributed by atoms with van der Waals surface area (Å²) in [6.45, 7) is 6.92. The van der Waals surface area contributed by atoms with Gasteiger partial charge in [0.25, 0.3) is 11.5 Å². The van der Waals surface area contributed by atoms with E-state index in [1.807, 2.05) is 37.3 Å². The molecule has 4 aromatic rings. The number of rotatable bonds is 8. The maximum absolute atomic E-state index is 13.0. The average Bonchev–Trinajstić information content (AvgIpc) is 2.92. The summed E-state index contributed by atoms with van der Waals surface area (Å²) in [7, 11) is 1.72. The highest BCUT2D eigenvalue weighted by Gasteiger charge is 2.18. The number of ether oxygens (including phenoxy) is 1. The zero-order chi connectivity index (χ0) is 29.0. The van der Waals surface area contributed by atoms with Crippen LogP contribution in [0, 0.1) is 6.92 Å². The number of carbonyl (C=O) groups is 3. The second kappa shape index (κ2) is 11.9. The van der Waals surface area contributed by atoms with Crippen LogP contribution in [0.5, 0.6) is 0 Å². The molecule has 40 heavy (non-hydrogen) atoms. The molecular weight excluding hydrogens is 526 g/mol. The molecule has 8 nitrogen and oxygen atoms in total. The number of thioether (sulfide) groups is 1. The monoisotopic (exact) mass is 557 g/mol. The van der Waals surface area contributed by atoms with Crippen LogP contribution in [0.25, 0.3) is 10.9 Å². The molecule has 1 N–H and O–H groups in total. The molecule has 0 spiro atoms. The molecule has 0 aliphatic heterocycles. The van der Waals surface area contributed by atoms with Crippen molar-refractivity contribution in [2.45, 2.75) is 44.2 Å². The number of nitrogens with one attached hydrogen (secondary N) is 1. The normalized spacial score (nSPS) is 11.3. The number of nitrogens with zero attached hydrogens (tertiary/aromatic N) is 2. The Bertz CT molecular complexity index is 1640. The van der Waals surface area contributed by atoms with Crippen molar-refractivity contribution in [1.82, 2.24) is 14.9 Å². The number of esters is 1. The lowest BCUT2D eigenvalue weighted by Gasteiger charge is -2.19. The zero-order valence-electron chi connectivity index (χ0n) is 23.1. The minimum atomic E-state index is -0.631. The summed E-state index contributed by atoms with van der Waals surface area (Å²) >= 11 is 1.46. The van der Waals surface area contributed by atoms with Gasteiger partial charge in [-0.25, -0.2) is 4.98 Å². The Labute approximate surface area is 236 Å². The number of aryl methyl sites for hydroxylation is 1. The molecule has 0 fully saturated rings. The predicted molar refractivity (Wildman–Crippen MR) is 156 cm³/mol. The molecule has 0 aliphatic rings. The smallest absolute Gasteiger partial charge is 0.325 e. The van der Waals surface area contributed by atoms with Gasteiger partial charge < -0.3 is 10.1 Å². The highest BCUT2D eigenvalue weighted by Crippen LogP contribution is 2.23. The van der Waals surface area contributed by atoms with Gasteiger partial charge in [0.1, 0.15) is 12.1 Å². The number of amides is 1. The molecule has 0 unspecified atom stereocenters. The van der Waals surface area contributed by atoms with Crippen molar-refractivity contribution in [3.8, 4) is 0 Å². The van der Waals surface area contributed by atoms with Crippen molar-refractivity contribution >= 4 is 40.3 Å². The summed E-state index contributed by atoms with van der Waals surface area (Å²) in [5.74, 6) is -0.546. The van der Waals surface area contributed by atoms with E-state index in [2.05, 4.69) is 10.3 Å². The van der Waals surface area contributed by atoms with Crippen LogP contribution in [0.15, 0.2) is 76.7 Å². The zero-order valence-corrected chi connectivity index (χ0v) is 23.9. The number of fused-ring (bicyclic) bond motifs is 1. The van der Waals surface area contributed by atoms with E-state index < -0.39 is 17.5 Å². The summed E-state index contributed by atoms with van der Waals surface area (Å²) in [6.07, 6.45) is 0. The van der Waals surface area contributed by atoms with Gasteiger partial charge in [-0.2, -0.15) is 0 Å². The van der Waals surface area contributed by atoms with E-state index >= 15 is 0 Å². The first-order chi connectivity index (χ1) is 18.9. The largest absolute Gasteiger partial charge is 0.459 e. The third-order valence-corrected chi connectivity index (χ3v) is 7.18. The second-order valence-corrected chi connectivity index (χ2v) is 11.3. The highest BCUT2D eigenvalue weighted by atomic mass is 32.2. The van der Waals surface area contributed by atoms with Crippen LogP contribution >= 0.6 is 11.8 Å². The summed E-state index contributed by atoms with van der Waals surface area (Å²) in [5.41, 5.74) is 3.15. The summed E-state index contributed by atoms with van der Waals surface area (Å²) in [6, 6.07) is 19.2. The Morgan fingerprint density at radius 1 is 0.925 bits per heavy atom. The Kier molecular flexibility index (Phi) is 8.54. The van der Waals surface area contributed by atoms with Crippen LogP contribution in [-0.4, -0.2) is 39.4 Å². The summed E-state index contributed by atoms with van der Waals surface area (Å²) in [4.78, 5) is 54.7. The Balaban J connectivity index is 1.37. The molecule has 1 amide bonds. The van der Waals surface area contributed by atoms with Gasteiger partial charge in [0.05, 0.1) is 10.9 Å². The molecule has 4 rings (SSSR count). The van der Waals surface area contributed by atoms with E-state index in [4.69, 9.17) is 4.74 Å². The van der Waals surface area contributed by atoms with Crippen LogP contribution in [0.1, 0.15) is 58.2 Å². The van der Waals surface area contributed by atoms with Crippen LogP contribution < -0.4 is 10.9 Å². The first-order valence-corrected chi connectivity index (χ1v) is 13.7. The number of benzene rings is 3. The van der Waals surface area contributed by atoms with Gasteiger partial charge in [0.15, 0.2) is 10.9 Å². The van der Waals surface area contributed by atoms with E-state index in [1.54, 1.807) is 68.8 Å². The van der Waals surface area contributed by atoms with E-state index in [-0.39, 0.29) is 17.9 Å². The van der Waals surface area contributed by atoms with Crippen LogP contribution in [-0.2, 0) is 22.3 Å². The number of hydrogen-bond donors (Lipinski definition) is 1. The van der Waals surface area contributed by atoms with Crippen molar-refractivity contribution in [2.24, 2.45) is 7.05 Å². The lowest BCUT2D eigenvalue weighted by atomic mass is 10.0. The summed E-state index contributed by atoms with van der Waals surface area (Å²) in [5, 5.41) is 3.78. The molecule has 1 heterocycles. The van der Waals surface area contributed by atoms with Crippen LogP contribution in [0.4, 0.5) is 0 Å². The molecule has 9 heteroatoms. The Morgan fingerprint density at radius 3 is 2.15 bits per heavy atom. The van der Waals surface area contributed by atoms with E-state index in [9.17, 15) is 19.2 Å². The third kappa shape index (κ3) is 6.84. The topological polar surface area (TPSA) is 107 Å². The summed E-state index contributed by atoms with van der Waals surface area (Å²) < 4.78 is 6.75. The third-order valence-electron chi connectivity index (χ3n) is 6.08. The van der Waals surface area contributed by atoms with Gasteiger partial charge in [-0.3, -0.25) is 23.7 Å². The van der Waals surface area contributed by atoms with E-state index in [0.717, 1.165) is 11.1 Å². The molecule has 0 radical (unpaired) electrons. The van der Waals surface area contributed by atoms with Gasteiger partial charge in [0, 0.05) is 29.5 Å². The minimum Gasteiger partial charge on any atom is -0.459 e. The fraction of sp³-hybridized carbons (Fsp3) is 0.258. The molecule has 1 aromatic heterocycles. The maximum Gasteiger partial charge on any atom is 0.325 e. The van der Waals surface area contributed by atoms with Crippen molar-refractivity contribution in [3.05, 3.63) is 105 Å². The average molecular weight is 558 g/mol. The molecule has 0 aliphatic carbocycles. The molecule has 0 saturated carbocycles. The number of aromatic nitrogens is 2. The van der Waals surface area contributed by atoms with Crippen LogP contribution in [0.3, 0.4) is 0 Å². The lowest BCUT2D eigenvalue weighted by Crippen LogP contribution is -2.34. The SMILES string of the molecule is Cc1cccc2nc(SCc3ccc(C(=O)c4ccc(C(=O)NCC(=O)OC(C)(C)C)cc4)cc3)n(C)c(=O)c12. The number of hydrogen-bond acceptors (Lipinski definition) is 7. The fourth-order valence-corrected chi connectivity index (χ4v) is 4.99. The van der Waals surface area contributed by atoms with Crippen molar-refractivity contribution < 1.29 is 19.1 Å². The van der Waals surface area contributed by atoms with Gasteiger partial charge in [-0.05, 0) is 57.0 Å². The Morgan fingerprint density at radius 2 is 1.52 bits per heavy atom. The first kappa shape index (κ1) is 28.8. The van der Waals surface area contributed by atoms with E-state index in [1.165, 1.54) is 11.8 Å². The van der Waals surface area contributed by atoms with Crippen molar-refractivity contribution in [2.75, 3.05) is 6.54 Å². The maximum atomic E-state index is 13.0. The van der Waals surface area contributed by atoms with Crippen LogP contribution in [0.2, 0.25) is 0 Å². The Hall–Kier alpha value is -4.24. The van der Waals surface area contributed by atoms with Gasteiger partial charge in [-0.1, -0.05) is 60.3 Å². The fourth-order valence-electron chi connectivity index (χ4n) is 4.06. The molecular formula is C31H31N3O5S. The lowest BCUT2D eigenvalue weighted by molar-refractivity contribution is -0.153. The van der Waals surface area contributed by atoms with Gasteiger partial charge >= 0.3 is 5.97 Å². The number of ketones is 1. The quantitative estimate of drug-likeness (QED) is 0.143. The number of carbonyl (C=O) groups excluding carboxylic acids is 3. The first-order valence-electron chi connectivity index (χ1n) is 12.8. The second-order valence-electron chi connectivity index (χ2n) is 10.4. The predicted octanol–water partition coefficient (Wildman–Crippen LogP) is 4.84. The molecule has 0 bridgehead atoms. The highest BCUT2D eigenvalue weighted by molar-refractivity contribution is 7.98. The van der Waals surface area contributed by atoms with E-state index in [0.29, 0.717) is 38.5 Å². The van der Waals surface area contributed by atoms with Gasteiger partial charge in [0.2, 0.25) is 0 Å². The van der Waals surface area contributed by atoms with Crippen molar-refractivity contribution in [3.63, 3.8) is 0 Å².